The Morgan fingerprint density at radius 2 is 2.05 bits per heavy atom. The van der Waals surface area contributed by atoms with E-state index in [0.717, 1.165) is 6.26 Å². The molecule has 0 amide bonds. The quantitative estimate of drug-likeness (QED) is 0.879. The van der Waals surface area contributed by atoms with Gasteiger partial charge in [0, 0.05) is 6.26 Å². The lowest BCUT2D eigenvalue weighted by atomic mass is 10.1. The van der Waals surface area contributed by atoms with Gasteiger partial charge in [-0.3, -0.25) is 4.79 Å². The van der Waals surface area contributed by atoms with Gasteiger partial charge in [0.2, 0.25) is 5.89 Å². The summed E-state index contributed by atoms with van der Waals surface area (Å²) in [6, 6.07) is 0. The fourth-order valence-corrected chi connectivity index (χ4v) is 2.77. The first kappa shape index (κ1) is 14.0. The predicted molar refractivity (Wildman–Crippen MR) is 65.2 cm³/mol. The van der Waals surface area contributed by atoms with E-state index in [2.05, 4.69) is 10.1 Å². The minimum Gasteiger partial charge on any atom is -0.481 e. The lowest BCUT2D eigenvalue weighted by Gasteiger charge is -2.01. The minimum atomic E-state index is -3.31. The third kappa shape index (κ3) is 2.24. The van der Waals surface area contributed by atoms with Gasteiger partial charge in [-0.05, 0) is 12.3 Å². The molecule has 0 radical (unpaired) electrons. The minimum absolute atomic E-state index is 0.0735. The van der Waals surface area contributed by atoms with Gasteiger partial charge in [-0.25, -0.2) is 8.42 Å². The number of hydrogen-bond donors (Lipinski definition) is 1. The Bertz CT molecular complexity index is 619. The van der Waals surface area contributed by atoms with E-state index in [9.17, 15) is 13.2 Å². The molecule has 3 unspecified atom stereocenters. The molecule has 1 N–H and O–H groups in total. The molecule has 1 saturated carbocycles. The number of carbonyl (C=O) groups is 1. The van der Waals surface area contributed by atoms with Crippen LogP contribution in [0.5, 0.6) is 0 Å². The lowest BCUT2D eigenvalue weighted by Crippen LogP contribution is -2.09. The van der Waals surface area contributed by atoms with Crippen LogP contribution in [0.2, 0.25) is 0 Å². The van der Waals surface area contributed by atoms with E-state index in [1.54, 1.807) is 13.8 Å². The highest BCUT2D eigenvalue weighted by Gasteiger charge is 2.65. The fraction of sp³-hybridized carbons (Fsp3) is 0.727. The molecule has 1 aliphatic carbocycles. The summed E-state index contributed by atoms with van der Waals surface area (Å²) in [7, 11) is -3.31. The highest BCUT2D eigenvalue weighted by Crippen LogP contribution is 2.64. The smallest absolute Gasteiger partial charge is 0.307 e. The maximum Gasteiger partial charge on any atom is 0.307 e. The van der Waals surface area contributed by atoms with Crippen LogP contribution >= 0.6 is 0 Å². The molecule has 1 aromatic heterocycles. The van der Waals surface area contributed by atoms with E-state index in [1.165, 1.54) is 6.92 Å². The van der Waals surface area contributed by atoms with Crippen LogP contribution in [0.15, 0.2) is 4.52 Å². The number of carboxylic acids is 1. The van der Waals surface area contributed by atoms with Gasteiger partial charge < -0.3 is 9.63 Å². The first-order valence-electron chi connectivity index (χ1n) is 5.82. The van der Waals surface area contributed by atoms with Crippen molar-refractivity contribution in [1.82, 2.24) is 10.1 Å². The molecule has 1 heterocycles. The Hall–Kier alpha value is -1.44. The summed E-state index contributed by atoms with van der Waals surface area (Å²) in [4.78, 5) is 15.1. The highest BCUT2D eigenvalue weighted by molar-refractivity contribution is 7.90. The molecule has 1 aliphatic rings. The van der Waals surface area contributed by atoms with Crippen molar-refractivity contribution in [2.45, 2.75) is 31.9 Å². The number of carboxylic acid groups (broad SMARTS) is 1. The topological polar surface area (TPSA) is 110 Å². The van der Waals surface area contributed by atoms with Gasteiger partial charge in [-0.2, -0.15) is 4.98 Å². The summed E-state index contributed by atoms with van der Waals surface area (Å²) in [5, 5.41) is 11.9. The maximum atomic E-state index is 11.4. The van der Waals surface area contributed by atoms with Crippen LogP contribution in [0.3, 0.4) is 0 Å². The normalized spacial score (nSPS) is 26.9. The second-order valence-corrected chi connectivity index (χ2v) is 7.94. The summed E-state index contributed by atoms with van der Waals surface area (Å²) in [6.45, 7) is 5.08. The molecular formula is C11H16N2O5S. The third-order valence-corrected chi connectivity index (χ3v) is 5.32. The molecule has 106 valence electrons. The lowest BCUT2D eigenvalue weighted by molar-refractivity contribution is -0.139. The summed E-state index contributed by atoms with van der Waals surface area (Å²) in [5.41, 5.74) is -0.454. The van der Waals surface area contributed by atoms with Gasteiger partial charge in [0.25, 0.3) is 0 Å². The number of sulfone groups is 1. The Kier molecular flexibility index (Phi) is 2.96. The monoisotopic (exact) mass is 288 g/mol. The Balaban J connectivity index is 2.27. The Morgan fingerprint density at radius 1 is 1.47 bits per heavy atom. The maximum absolute atomic E-state index is 11.4. The molecule has 0 aromatic carbocycles. The summed E-state index contributed by atoms with van der Waals surface area (Å²) >= 11 is 0. The molecule has 0 spiro atoms. The molecular weight excluding hydrogens is 272 g/mol. The predicted octanol–water partition coefficient (Wildman–Crippen LogP) is 0.999. The molecule has 19 heavy (non-hydrogen) atoms. The van der Waals surface area contributed by atoms with Crippen molar-refractivity contribution in [3.63, 3.8) is 0 Å². The third-order valence-electron chi connectivity index (χ3n) is 3.82. The second kappa shape index (κ2) is 4.03. The first-order chi connectivity index (χ1) is 8.56. The van der Waals surface area contributed by atoms with Gasteiger partial charge in [-0.1, -0.05) is 19.0 Å². The second-order valence-electron chi connectivity index (χ2n) is 5.58. The van der Waals surface area contributed by atoms with Crippen LogP contribution in [-0.4, -0.2) is 35.9 Å². The molecule has 0 aliphatic heterocycles. The standard InChI is InChI=1S/C11H16N2O5S/c1-5(19(4,16)17)8-12-9(18-13-8)6-7(10(14)15)11(6,2)3/h5-7H,1-4H3,(H,14,15). The summed E-state index contributed by atoms with van der Waals surface area (Å²) in [6.07, 6.45) is 1.09. The fourth-order valence-electron chi connectivity index (χ4n) is 2.29. The molecule has 7 nitrogen and oxygen atoms in total. The van der Waals surface area contributed by atoms with Crippen molar-refractivity contribution in [3.05, 3.63) is 11.7 Å². The van der Waals surface area contributed by atoms with E-state index in [4.69, 9.17) is 9.63 Å². The first-order valence-corrected chi connectivity index (χ1v) is 7.77. The van der Waals surface area contributed by atoms with Gasteiger partial charge in [-0.15, -0.1) is 0 Å². The van der Waals surface area contributed by atoms with Crippen molar-refractivity contribution in [2.24, 2.45) is 11.3 Å². The molecule has 3 atom stereocenters. The van der Waals surface area contributed by atoms with E-state index < -0.39 is 32.4 Å². The van der Waals surface area contributed by atoms with Crippen molar-refractivity contribution >= 4 is 15.8 Å². The number of aromatic nitrogens is 2. The average molecular weight is 288 g/mol. The molecule has 0 saturated heterocycles. The van der Waals surface area contributed by atoms with Crippen LogP contribution in [0.1, 0.15) is 43.7 Å². The van der Waals surface area contributed by atoms with Crippen molar-refractivity contribution < 1.29 is 22.8 Å². The van der Waals surface area contributed by atoms with Crippen LogP contribution in [-0.2, 0) is 14.6 Å². The van der Waals surface area contributed by atoms with Crippen LogP contribution in [0.25, 0.3) is 0 Å². The zero-order chi connectivity index (χ0) is 14.6. The number of aliphatic carboxylic acids is 1. The van der Waals surface area contributed by atoms with E-state index in [0.29, 0.717) is 0 Å². The largest absolute Gasteiger partial charge is 0.481 e. The zero-order valence-corrected chi connectivity index (χ0v) is 11.9. The van der Waals surface area contributed by atoms with Gasteiger partial charge >= 0.3 is 5.97 Å². The van der Waals surface area contributed by atoms with Crippen LogP contribution < -0.4 is 0 Å². The van der Waals surface area contributed by atoms with Crippen molar-refractivity contribution in [2.75, 3.05) is 6.26 Å². The summed E-state index contributed by atoms with van der Waals surface area (Å²) in [5.74, 6) is -1.58. The van der Waals surface area contributed by atoms with Gasteiger partial charge in [0.1, 0.15) is 5.25 Å². The number of nitrogens with zero attached hydrogens (tertiary/aromatic N) is 2. The molecule has 8 heteroatoms. The number of rotatable bonds is 4. The highest BCUT2D eigenvalue weighted by atomic mass is 32.2. The van der Waals surface area contributed by atoms with Gasteiger partial charge in [0.05, 0.1) is 11.8 Å². The molecule has 1 aromatic rings. The average Bonchev–Trinajstić information content (AvgIpc) is 2.65. The van der Waals surface area contributed by atoms with E-state index in [1.807, 2.05) is 0 Å². The molecule has 0 bridgehead atoms. The Morgan fingerprint density at radius 3 is 2.47 bits per heavy atom. The van der Waals surface area contributed by atoms with Crippen LogP contribution in [0.4, 0.5) is 0 Å². The van der Waals surface area contributed by atoms with Crippen LogP contribution in [0, 0.1) is 11.3 Å². The van der Waals surface area contributed by atoms with Crippen molar-refractivity contribution in [3.8, 4) is 0 Å². The van der Waals surface area contributed by atoms with E-state index >= 15 is 0 Å². The Labute approximate surface area is 110 Å². The number of hydrogen-bond acceptors (Lipinski definition) is 6. The van der Waals surface area contributed by atoms with Gasteiger partial charge in [0.15, 0.2) is 15.7 Å². The zero-order valence-electron chi connectivity index (χ0n) is 11.1. The van der Waals surface area contributed by atoms with Crippen molar-refractivity contribution in [1.29, 1.82) is 0 Å². The SMILES string of the molecule is CC(c1noc(C2C(C(=O)O)C2(C)C)n1)S(C)(=O)=O. The van der Waals surface area contributed by atoms with E-state index in [-0.39, 0.29) is 17.6 Å². The molecule has 2 rings (SSSR count). The summed E-state index contributed by atoms with van der Waals surface area (Å²) < 4.78 is 27.9. The molecule has 1 fully saturated rings.